The van der Waals surface area contributed by atoms with E-state index in [1.807, 2.05) is 11.7 Å². The smallest absolute Gasteiger partial charge is 0.153 e. The number of rotatable bonds is 2. The Labute approximate surface area is 111 Å². The van der Waals surface area contributed by atoms with Gasteiger partial charge < -0.3 is 5.32 Å². The molecule has 0 radical (unpaired) electrons. The van der Waals surface area contributed by atoms with Gasteiger partial charge in [-0.1, -0.05) is 31.9 Å². The highest BCUT2D eigenvalue weighted by atomic mass is 79.9. The van der Waals surface area contributed by atoms with E-state index >= 15 is 0 Å². The Bertz CT molecular complexity index is 358. The topological polar surface area (TPSA) is 42.7 Å². The molecule has 2 rings (SSSR count). The molecule has 96 valence electrons. The summed E-state index contributed by atoms with van der Waals surface area (Å²) in [6, 6.07) is 0. The quantitative estimate of drug-likeness (QED) is 0.913. The van der Waals surface area contributed by atoms with E-state index in [4.69, 9.17) is 0 Å². The van der Waals surface area contributed by atoms with E-state index in [9.17, 15) is 0 Å². The molecule has 0 bridgehead atoms. The van der Waals surface area contributed by atoms with Crippen molar-refractivity contribution in [3.63, 3.8) is 0 Å². The van der Waals surface area contributed by atoms with Crippen LogP contribution < -0.4 is 5.32 Å². The number of hydrogen-bond acceptors (Lipinski definition) is 3. The van der Waals surface area contributed by atoms with E-state index in [1.165, 1.54) is 25.0 Å². The molecule has 0 aliphatic carbocycles. The second-order valence-corrected chi connectivity index (χ2v) is 5.97. The third-order valence-electron chi connectivity index (χ3n) is 3.88. The maximum Gasteiger partial charge on any atom is 0.153 e. The van der Waals surface area contributed by atoms with Crippen molar-refractivity contribution < 1.29 is 0 Å². The van der Waals surface area contributed by atoms with E-state index in [1.54, 1.807) is 0 Å². The van der Waals surface area contributed by atoms with Crippen LogP contribution in [-0.2, 0) is 12.6 Å². The Morgan fingerprint density at radius 3 is 2.71 bits per heavy atom. The minimum absolute atomic E-state index is 0.00752. The maximum atomic E-state index is 4.14. The second kappa shape index (κ2) is 5.06. The summed E-state index contributed by atoms with van der Waals surface area (Å²) in [6.45, 7) is 5.63. The van der Waals surface area contributed by atoms with E-state index < -0.39 is 0 Å². The summed E-state index contributed by atoms with van der Waals surface area (Å²) in [4.78, 5) is 0. The van der Waals surface area contributed by atoms with E-state index in [0.717, 1.165) is 17.6 Å². The fraction of sp³-hybridized carbons (Fsp3) is 0.833. The van der Waals surface area contributed by atoms with Crippen LogP contribution in [0.25, 0.3) is 0 Å². The first kappa shape index (κ1) is 13.0. The van der Waals surface area contributed by atoms with E-state index in [-0.39, 0.29) is 5.54 Å². The first-order valence-electron chi connectivity index (χ1n) is 6.38. The largest absolute Gasteiger partial charge is 0.306 e. The lowest BCUT2D eigenvalue weighted by molar-refractivity contribution is 0.215. The Kier molecular flexibility index (Phi) is 3.88. The zero-order valence-corrected chi connectivity index (χ0v) is 12.4. The van der Waals surface area contributed by atoms with Gasteiger partial charge in [-0.05, 0) is 41.2 Å². The van der Waals surface area contributed by atoms with Crippen LogP contribution in [0.5, 0.6) is 0 Å². The molecular weight excluding hydrogens is 280 g/mol. The molecule has 0 amide bonds. The molecule has 1 aromatic rings. The van der Waals surface area contributed by atoms with Gasteiger partial charge in [0.2, 0.25) is 0 Å². The zero-order chi connectivity index (χ0) is 12.5. The normalized spacial score (nSPS) is 26.2. The lowest BCUT2D eigenvalue weighted by atomic mass is 9.79. The number of nitrogens with zero attached hydrogens (tertiary/aromatic N) is 3. The molecule has 2 heterocycles. The van der Waals surface area contributed by atoms with Crippen LogP contribution in [-0.4, -0.2) is 21.5 Å². The summed E-state index contributed by atoms with van der Waals surface area (Å²) in [6.07, 6.45) is 5.00. The van der Waals surface area contributed by atoms with Gasteiger partial charge in [-0.25, -0.2) is 4.68 Å². The number of hydrogen-bond donors (Lipinski definition) is 1. The van der Waals surface area contributed by atoms with Gasteiger partial charge in [0.25, 0.3) is 0 Å². The molecular formula is C12H21BrN4. The van der Waals surface area contributed by atoms with Crippen LogP contribution >= 0.6 is 15.9 Å². The number of nitrogens with one attached hydrogen (secondary N) is 1. The minimum Gasteiger partial charge on any atom is -0.306 e. The van der Waals surface area contributed by atoms with Gasteiger partial charge >= 0.3 is 0 Å². The zero-order valence-electron chi connectivity index (χ0n) is 10.8. The SMILES string of the molecule is CC(C)C1(c2c(Br)nnn2C)CCCCCN1. The lowest BCUT2D eigenvalue weighted by Gasteiger charge is -2.37. The van der Waals surface area contributed by atoms with Crippen LogP contribution in [0, 0.1) is 5.92 Å². The highest BCUT2D eigenvalue weighted by Crippen LogP contribution is 2.38. The summed E-state index contributed by atoms with van der Waals surface area (Å²) in [5.41, 5.74) is 1.20. The first-order valence-corrected chi connectivity index (χ1v) is 7.18. The molecule has 1 aliphatic rings. The average Bonchev–Trinajstić information content (AvgIpc) is 2.54. The predicted molar refractivity (Wildman–Crippen MR) is 71.7 cm³/mol. The van der Waals surface area contributed by atoms with Gasteiger partial charge in [0.15, 0.2) is 4.60 Å². The Morgan fingerprint density at radius 1 is 1.35 bits per heavy atom. The van der Waals surface area contributed by atoms with Crippen molar-refractivity contribution in [3.8, 4) is 0 Å². The fourth-order valence-electron chi connectivity index (χ4n) is 2.88. The second-order valence-electron chi connectivity index (χ2n) is 5.22. The standard InChI is InChI=1S/C12H21BrN4/c1-9(2)12(7-5-4-6-8-14-12)10-11(13)15-16-17(10)3/h9,14H,4-8H2,1-3H3. The van der Waals surface area contributed by atoms with E-state index in [0.29, 0.717) is 5.92 Å². The van der Waals surface area contributed by atoms with Crippen molar-refractivity contribution in [3.05, 3.63) is 10.3 Å². The number of aryl methyl sites for hydroxylation is 1. The molecule has 1 saturated heterocycles. The van der Waals surface area contributed by atoms with Crippen LogP contribution in [0.3, 0.4) is 0 Å². The van der Waals surface area contributed by atoms with E-state index in [2.05, 4.69) is 45.4 Å². The summed E-state index contributed by atoms with van der Waals surface area (Å²) < 4.78 is 2.78. The molecule has 1 unspecified atom stereocenters. The van der Waals surface area contributed by atoms with Crippen LogP contribution in [0.2, 0.25) is 0 Å². The Balaban J connectivity index is 2.46. The van der Waals surface area contributed by atoms with Gasteiger partial charge in [-0.2, -0.15) is 0 Å². The number of aromatic nitrogens is 3. The molecule has 1 N–H and O–H groups in total. The molecule has 1 fully saturated rings. The highest BCUT2D eigenvalue weighted by Gasteiger charge is 2.40. The Morgan fingerprint density at radius 2 is 2.12 bits per heavy atom. The van der Waals surface area contributed by atoms with Crippen molar-refractivity contribution in [1.29, 1.82) is 0 Å². The molecule has 5 heteroatoms. The summed E-state index contributed by atoms with van der Waals surface area (Å²) in [5, 5.41) is 12.0. The van der Waals surface area contributed by atoms with Crippen molar-refractivity contribution >= 4 is 15.9 Å². The van der Waals surface area contributed by atoms with Gasteiger partial charge in [0.1, 0.15) is 0 Å². The van der Waals surface area contributed by atoms with Gasteiger partial charge in [-0.15, -0.1) is 5.10 Å². The molecule has 1 atom stereocenters. The van der Waals surface area contributed by atoms with Crippen molar-refractivity contribution in [1.82, 2.24) is 20.3 Å². The summed E-state index contributed by atoms with van der Waals surface area (Å²) in [7, 11) is 1.98. The molecule has 17 heavy (non-hydrogen) atoms. The molecule has 4 nitrogen and oxygen atoms in total. The minimum atomic E-state index is 0.00752. The average molecular weight is 301 g/mol. The fourth-order valence-corrected chi connectivity index (χ4v) is 3.56. The Hall–Kier alpha value is -0.420. The van der Waals surface area contributed by atoms with Crippen molar-refractivity contribution in [2.24, 2.45) is 13.0 Å². The number of halogens is 1. The molecule has 0 saturated carbocycles. The molecule has 0 spiro atoms. The maximum absolute atomic E-state index is 4.14. The lowest BCUT2D eigenvalue weighted by Crippen LogP contribution is -2.47. The van der Waals surface area contributed by atoms with Crippen LogP contribution in [0.4, 0.5) is 0 Å². The van der Waals surface area contributed by atoms with Gasteiger partial charge in [0, 0.05) is 7.05 Å². The van der Waals surface area contributed by atoms with Crippen LogP contribution in [0.15, 0.2) is 4.60 Å². The summed E-state index contributed by atoms with van der Waals surface area (Å²) in [5.74, 6) is 0.522. The third kappa shape index (κ3) is 2.27. The predicted octanol–water partition coefficient (Wildman–Crippen LogP) is 2.59. The molecule has 1 aromatic heterocycles. The third-order valence-corrected chi connectivity index (χ3v) is 4.42. The van der Waals surface area contributed by atoms with Crippen molar-refractivity contribution in [2.45, 2.75) is 45.1 Å². The van der Waals surface area contributed by atoms with Crippen molar-refractivity contribution in [2.75, 3.05) is 6.54 Å². The van der Waals surface area contributed by atoms with Gasteiger partial charge in [0.05, 0.1) is 11.2 Å². The van der Waals surface area contributed by atoms with Gasteiger partial charge in [-0.3, -0.25) is 0 Å². The molecule has 1 aliphatic heterocycles. The molecule has 0 aromatic carbocycles. The highest BCUT2D eigenvalue weighted by molar-refractivity contribution is 9.10. The van der Waals surface area contributed by atoms with Crippen LogP contribution in [0.1, 0.15) is 45.2 Å². The first-order chi connectivity index (χ1) is 8.08. The summed E-state index contributed by atoms with van der Waals surface area (Å²) >= 11 is 3.55. The monoisotopic (exact) mass is 300 g/mol.